The summed E-state index contributed by atoms with van der Waals surface area (Å²) in [4.78, 5) is 40.7. The SMILES string of the molecule is CCc1ccc(C(=O)CN2C(=O)N[C@@](CC)(c3ccc(Cl)cc3)C2=O)s1. The van der Waals surface area contributed by atoms with Crippen LogP contribution in [0.2, 0.25) is 5.02 Å². The highest BCUT2D eigenvalue weighted by molar-refractivity contribution is 7.14. The number of carbonyl (C=O) groups is 3. The van der Waals surface area contributed by atoms with Crippen LogP contribution < -0.4 is 5.32 Å². The number of hydrogen-bond donors (Lipinski definition) is 1. The van der Waals surface area contributed by atoms with Gasteiger partial charge in [0.05, 0.1) is 11.4 Å². The van der Waals surface area contributed by atoms with Crippen molar-refractivity contribution in [2.24, 2.45) is 0 Å². The van der Waals surface area contributed by atoms with Gasteiger partial charge in [0, 0.05) is 9.90 Å². The number of aryl methyl sites for hydroxylation is 1. The summed E-state index contributed by atoms with van der Waals surface area (Å²) in [6.07, 6.45) is 1.22. The van der Waals surface area contributed by atoms with E-state index in [9.17, 15) is 14.4 Å². The van der Waals surface area contributed by atoms with Crippen molar-refractivity contribution in [1.29, 1.82) is 0 Å². The van der Waals surface area contributed by atoms with E-state index in [-0.39, 0.29) is 12.3 Å². The summed E-state index contributed by atoms with van der Waals surface area (Å²) in [5.74, 6) is -0.644. The molecule has 1 aromatic carbocycles. The fourth-order valence-corrected chi connectivity index (χ4v) is 4.09. The van der Waals surface area contributed by atoms with Crippen molar-refractivity contribution in [2.75, 3.05) is 6.54 Å². The van der Waals surface area contributed by atoms with Crippen molar-refractivity contribution >= 4 is 40.7 Å². The summed E-state index contributed by atoms with van der Waals surface area (Å²) in [7, 11) is 0. The normalized spacial score (nSPS) is 19.7. The Morgan fingerprint density at radius 3 is 2.42 bits per heavy atom. The first-order chi connectivity index (χ1) is 12.4. The van der Waals surface area contributed by atoms with Gasteiger partial charge in [-0.2, -0.15) is 0 Å². The molecule has 136 valence electrons. The van der Waals surface area contributed by atoms with Crippen LogP contribution >= 0.6 is 22.9 Å². The zero-order chi connectivity index (χ0) is 18.9. The topological polar surface area (TPSA) is 66.5 Å². The maximum absolute atomic E-state index is 13.0. The number of Topliss-reactive ketones (excluding diaryl/α,β-unsaturated/α-hetero) is 1. The molecule has 1 aromatic heterocycles. The number of carbonyl (C=O) groups excluding carboxylic acids is 3. The molecule has 1 saturated heterocycles. The second-order valence-electron chi connectivity index (χ2n) is 6.13. The van der Waals surface area contributed by atoms with Crippen molar-refractivity contribution in [1.82, 2.24) is 10.2 Å². The van der Waals surface area contributed by atoms with Gasteiger partial charge in [0.2, 0.25) is 0 Å². The summed E-state index contributed by atoms with van der Waals surface area (Å²) in [5, 5.41) is 3.32. The molecular formula is C19H19ClN2O3S. The van der Waals surface area contributed by atoms with Crippen molar-refractivity contribution in [3.63, 3.8) is 0 Å². The molecule has 1 aliphatic heterocycles. The highest BCUT2D eigenvalue weighted by Gasteiger charge is 2.51. The Hall–Kier alpha value is -2.18. The van der Waals surface area contributed by atoms with E-state index in [0.29, 0.717) is 21.9 Å². The standard InChI is InChI=1S/C19H19ClN2O3S/c1-3-14-9-10-16(26-14)15(23)11-22-17(24)19(4-2,21-18(22)25)12-5-7-13(20)8-6-12/h5-10H,3-4,11H2,1-2H3,(H,21,25)/t19-/m0/s1. The first-order valence-corrected chi connectivity index (χ1v) is 9.62. The third kappa shape index (κ3) is 3.15. The maximum Gasteiger partial charge on any atom is 0.325 e. The number of ketones is 1. The Morgan fingerprint density at radius 2 is 1.85 bits per heavy atom. The number of hydrogen-bond acceptors (Lipinski definition) is 4. The molecule has 1 atom stereocenters. The lowest BCUT2D eigenvalue weighted by atomic mass is 9.87. The molecule has 2 aromatic rings. The van der Waals surface area contributed by atoms with E-state index in [4.69, 9.17) is 11.6 Å². The molecule has 0 aliphatic carbocycles. The van der Waals surface area contributed by atoms with E-state index in [2.05, 4.69) is 5.32 Å². The lowest BCUT2D eigenvalue weighted by Gasteiger charge is -2.25. The lowest BCUT2D eigenvalue weighted by molar-refractivity contribution is -0.131. The van der Waals surface area contributed by atoms with Crippen molar-refractivity contribution in [3.05, 3.63) is 56.7 Å². The highest BCUT2D eigenvalue weighted by atomic mass is 35.5. The van der Waals surface area contributed by atoms with E-state index in [1.54, 1.807) is 30.3 Å². The second-order valence-corrected chi connectivity index (χ2v) is 7.73. The summed E-state index contributed by atoms with van der Waals surface area (Å²) in [5.41, 5.74) is -0.506. The van der Waals surface area contributed by atoms with Gasteiger partial charge in [0.1, 0.15) is 5.54 Å². The Morgan fingerprint density at radius 1 is 1.15 bits per heavy atom. The Balaban J connectivity index is 1.85. The van der Waals surface area contributed by atoms with Crippen molar-refractivity contribution in [2.45, 2.75) is 32.2 Å². The fraction of sp³-hybridized carbons (Fsp3) is 0.316. The molecule has 3 rings (SSSR count). The third-order valence-electron chi connectivity index (χ3n) is 4.63. The molecule has 7 heteroatoms. The zero-order valence-corrected chi connectivity index (χ0v) is 16.1. The number of nitrogens with one attached hydrogen (secondary N) is 1. The predicted molar refractivity (Wildman–Crippen MR) is 102 cm³/mol. The molecule has 3 amide bonds. The van der Waals surface area contributed by atoms with Crippen LogP contribution in [0.15, 0.2) is 36.4 Å². The molecule has 1 aliphatic rings. The summed E-state index contributed by atoms with van der Waals surface area (Å²) < 4.78 is 0. The minimum Gasteiger partial charge on any atom is -0.319 e. The van der Waals surface area contributed by atoms with E-state index >= 15 is 0 Å². The quantitative estimate of drug-likeness (QED) is 0.598. The molecular weight excluding hydrogens is 372 g/mol. The van der Waals surface area contributed by atoms with Crippen LogP contribution in [-0.4, -0.2) is 29.2 Å². The van der Waals surface area contributed by atoms with Gasteiger partial charge in [0.15, 0.2) is 5.78 Å². The number of thiophene rings is 1. The molecule has 0 radical (unpaired) electrons. The Labute approximate surface area is 161 Å². The van der Waals surface area contributed by atoms with Gasteiger partial charge in [-0.3, -0.25) is 14.5 Å². The average molecular weight is 391 g/mol. The first-order valence-electron chi connectivity index (χ1n) is 8.43. The van der Waals surface area contributed by atoms with E-state index in [1.807, 2.05) is 19.9 Å². The van der Waals surface area contributed by atoms with Gasteiger partial charge < -0.3 is 5.32 Å². The van der Waals surface area contributed by atoms with Gasteiger partial charge >= 0.3 is 6.03 Å². The summed E-state index contributed by atoms with van der Waals surface area (Å²) in [6, 6.07) is 9.90. The fourth-order valence-electron chi connectivity index (χ4n) is 3.08. The third-order valence-corrected chi connectivity index (χ3v) is 6.15. The van der Waals surface area contributed by atoms with Crippen LogP contribution in [0.1, 0.15) is 40.4 Å². The number of rotatable bonds is 6. The number of benzene rings is 1. The van der Waals surface area contributed by atoms with Crippen LogP contribution in [0, 0.1) is 0 Å². The van der Waals surface area contributed by atoms with Crippen LogP contribution in [0.25, 0.3) is 0 Å². The summed E-state index contributed by atoms with van der Waals surface area (Å²) in [6.45, 7) is 3.58. The van der Waals surface area contributed by atoms with Crippen molar-refractivity contribution < 1.29 is 14.4 Å². The minimum atomic E-state index is -1.16. The molecule has 2 heterocycles. The smallest absolute Gasteiger partial charge is 0.319 e. The van der Waals surface area contributed by atoms with E-state index in [0.717, 1.165) is 16.2 Å². The second kappa shape index (κ2) is 7.21. The van der Waals surface area contributed by atoms with Gasteiger partial charge in [-0.05, 0) is 42.7 Å². The van der Waals surface area contributed by atoms with Gasteiger partial charge in [-0.25, -0.2) is 4.79 Å². The van der Waals surface area contributed by atoms with Crippen molar-refractivity contribution in [3.8, 4) is 0 Å². The lowest BCUT2D eigenvalue weighted by Crippen LogP contribution is -2.43. The van der Waals surface area contributed by atoms with E-state index < -0.39 is 17.5 Å². The first kappa shape index (κ1) is 18.6. The Bertz CT molecular complexity index is 862. The van der Waals surface area contributed by atoms with Gasteiger partial charge in [0.25, 0.3) is 5.91 Å². The molecule has 0 bridgehead atoms. The van der Waals surface area contributed by atoms with Crippen LogP contribution in [0.3, 0.4) is 0 Å². The highest BCUT2D eigenvalue weighted by Crippen LogP contribution is 2.33. The molecule has 1 fully saturated rings. The minimum absolute atomic E-state index is 0.235. The molecule has 5 nitrogen and oxygen atoms in total. The predicted octanol–water partition coefficient (Wildman–Crippen LogP) is 4.00. The zero-order valence-electron chi connectivity index (χ0n) is 14.5. The number of imide groups is 1. The van der Waals surface area contributed by atoms with E-state index in [1.165, 1.54) is 11.3 Å². The average Bonchev–Trinajstić information content (AvgIpc) is 3.21. The Kier molecular flexibility index (Phi) is 5.16. The number of halogens is 1. The number of amides is 3. The number of nitrogens with zero attached hydrogens (tertiary/aromatic N) is 1. The van der Waals surface area contributed by atoms with Gasteiger partial charge in [-0.15, -0.1) is 11.3 Å². The molecule has 0 spiro atoms. The summed E-state index contributed by atoms with van der Waals surface area (Å²) >= 11 is 7.32. The molecule has 0 unspecified atom stereocenters. The van der Waals surface area contributed by atoms with Crippen LogP contribution in [0.4, 0.5) is 4.79 Å². The monoisotopic (exact) mass is 390 g/mol. The van der Waals surface area contributed by atoms with Gasteiger partial charge in [-0.1, -0.05) is 37.6 Å². The molecule has 0 saturated carbocycles. The number of urea groups is 1. The van der Waals surface area contributed by atoms with Crippen LogP contribution in [-0.2, 0) is 16.8 Å². The largest absolute Gasteiger partial charge is 0.325 e. The van der Waals surface area contributed by atoms with Crippen LogP contribution in [0.5, 0.6) is 0 Å². The molecule has 26 heavy (non-hydrogen) atoms. The molecule has 1 N–H and O–H groups in total. The maximum atomic E-state index is 13.0.